The van der Waals surface area contributed by atoms with Crippen LogP contribution >= 0.6 is 0 Å². The average Bonchev–Trinajstić information content (AvgIpc) is 2.42. The molecule has 0 saturated heterocycles. The zero-order valence-electron chi connectivity index (χ0n) is 11.1. The third-order valence-electron chi connectivity index (χ3n) is 2.71. The Morgan fingerprint density at radius 2 is 2.10 bits per heavy atom. The highest BCUT2D eigenvalue weighted by atomic mass is 16.6. The topological polar surface area (TPSA) is 113 Å². The van der Waals surface area contributed by atoms with Crippen molar-refractivity contribution < 1.29 is 19.6 Å². The summed E-state index contributed by atoms with van der Waals surface area (Å²) in [7, 11) is 2.91. The molecule has 0 aromatic heterocycles. The maximum atomic E-state index is 12.1. The van der Waals surface area contributed by atoms with Gasteiger partial charge in [-0.15, -0.1) is 0 Å². The first-order chi connectivity index (χ1) is 9.36. The molecular weight excluding hydrogens is 266 g/mol. The van der Waals surface area contributed by atoms with E-state index in [1.807, 2.05) is 0 Å². The van der Waals surface area contributed by atoms with Crippen LogP contribution in [0.25, 0.3) is 0 Å². The van der Waals surface area contributed by atoms with Gasteiger partial charge in [0.1, 0.15) is 11.3 Å². The second-order valence-electron chi connectivity index (χ2n) is 4.11. The van der Waals surface area contributed by atoms with Crippen LogP contribution in [0.15, 0.2) is 18.2 Å². The number of hydrogen-bond acceptors (Lipinski definition) is 5. The Balaban J connectivity index is 2.93. The summed E-state index contributed by atoms with van der Waals surface area (Å²) in [4.78, 5) is 34.6. The van der Waals surface area contributed by atoms with Gasteiger partial charge in [0, 0.05) is 33.1 Å². The molecule has 0 atom stereocenters. The van der Waals surface area contributed by atoms with E-state index in [1.54, 1.807) is 0 Å². The molecule has 1 rings (SSSR count). The highest BCUT2D eigenvalue weighted by Gasteiger charge is 2.23. The molecule has 0 unspecified atom stereocenters. The lowest BCUT2D eigenvalue weighted by Crippen LogP contribution is -2.31. The Hall–Kier alpha value is -2.64. The predicted molar refractivity (Wildman–Crippen MR) is 70.4 cm³/mol. The Bertz CT molecular complexity index is 544. The number of rotatable bonds is 5. The van der Waals surface area contributed by atoms with Gasteiger partial charge in [-0.05, 0) is 12.1 Å². The normalized spacial score (nSPS) is 9.90. The summed E-state index contributed by atoms with van der Waals surface area (Å²) in [5, 5.41) is 22.6. The van der Waals surface area contributed by atoms with Crippen molar-refractivity contribution in [3.05, 3.63) is 33.9 Å². The van der Waals surface area contributed by atoms with E-state index in [0.717, 1.165) is 18.2 Å². The summed E-state index contributed by atoms with van der Waals surface area (Å²) in [5.74, 6) is -1.11. The molecule has 2 amide bonds. The first-order valence-corrected chi connectivity index (χ1v) is 5.80. The minimum absolute atomic E-state index is 0.0886. The standard InChI is InChI=1S/C12H15N3O5/c1-13-11(17)5-6-14(2)12(18)9-7-8(16)3-4-10(9)15(19)20/h3-4,7,16H,5-6H2,1-2H3,(H,13,17). The highest BCUT2D eigenvalue weighted by Crippen LogP contribution is 2.24. The van der Waals surface area contributed by atoms with Crippen molar-refractivity contribution in [3.63, 3.8) is 0 Å². The Morgan fingerprint density at radius 3 is 2.65 bits per heavy atom. The Morgan fingerprint density at radius 1 is 1.45 bits per heavy atom. The Labute approximate surface area is 115 Å². The molecule has 0 aliphatic heterocycles. The number of carbonyl (C=O) groups is 2. The number of nitro benzene ring substituents is 1. The number of benzene rings is 1. The van der Waals surface area contributed by atoms with E-state index in [0.29, 0.717) is 0 Å². The van der Waals surface area contributed by atoms with Crippen LogP contribution in [-0.2, 0) is 4.79 Å². The molecule has 0 spiro atoms. The van der Waals surface area contributed by atoms with Crippen molar-refractivity contribution in [2.45, 2.75) is 6.42 Å². The van der Waals surface area contributed by atoms with Crippen molar-refractivity contribution in [2.75, 3.05) is 20.6 Å². The molecule has 2 N–H and O–H groups in total. The molecule has 1 aromatic rings. The second-order valence-corrected chi connectivity index (χ2v) is 4.11. The summed E-state index contributed by atoms with van der Waals surface area (Å²) in [6, 6.07) is 3.24. The third kappa shape index (κ3) is 3.67. The molecule has 0 aliphatic carbocycles. The van der Waals surface area contributed by atoms with Gasteiger partial charge in [0.15, 0.2) is 0 Å². The predicted octanol–water partition coefficient (Wildman–Crippen LogP) is 0.508. The number of amides is 2. The van der Waals surface area contributed by atoms with E-state index in [4.69, 9.17) is 0 Å². The van der Waals surface area contributed by atoms with Gasteiger partial charge >= 0.3 is 0 Å². The van der Waals surface area contributed by atoms with Gasteiger partial charge in [-0.1, -0.05) is 0 Å². The second kappa shape index (κ2) is 6.50. The molecule has 20 heavy (non-hydrogen) atoms. The average molecular weight is 281 g/mol. The number of hydrogen-bond donors (Lipinski definition) is 2. The van der Waals surface area contributed by atoms with Crippen molar-refractivity contribution in [3.8, 4) is 5.75 Å². The maximum Gasteiger partial charge on any atom is 0.282 e. The van der Waals surface area contributed by atoms with E-state index in [1.165, 1.54) is 19.0 Å². The molecule has 1 aromatic carbocycles. The lowest BCUT2D eigenvalue weighted by Gasteiger charge is -2.16. The van der Waals surface area contributed by atoms with Gasteiger partial charge in [-0.3, -0.25) is 19.7 Å². The minimum atomic E-state index is -0.695. The molecule has 8 nitrogen and oxygen atoms in total. The maximum absolute atomic E-state index is 12.1. The summed E-state index contributed by atoms with van der Waals surface area (Å²) < 4.78 is 0. The first-order valence-electron chi connectivity index (χ1n) is 5.80. The Kier molecular flexibility index (Phi) is 5.01. The minimum Gasteiger partial charge on any atom is -0.508 e. The largest absolute Gasteiger partial charge is 0.508 e. The summed E-state index contributed by atoms with van der Waals surface area (Å²) >= 11 is 0. The molecule has 0 radical (unpaired) electrons. The van der Waals surface area contributed by atoms with E-state index >= 15 is 0 Å². The van der Waals surface area contributed by atoms with Crippen LogP contribution in [0.2, 0.25) is 0 Å². The monoisotopic (exact) mass is 281 g/mol. The molecule has 8 heteroatoms. The molecular formula is C12H15N3O5. The number of nitro groups is 1. The molecule has 0 heterocycles. The smallest absolute Gasteiger partial charge is 0.282 e. The van der Waals surface area contributed by atoms with Gasteiger partial charge in [0.2, 0.25) is 5.91 Å². The van der Waals surface area contributed by atoms with Crippen LogP contribution in [0.3, 0.4) is 0 Å². The van der Waals surface area contributed by atoms with Crippen molar-refractivity contribution in [1.82, 2.24) is 10.2 Å². The van der Waals surface area contributed by atoms with Crippen LogP contribution in [0.5, 0.6) is 5.75 Å². The molecule has 0 aliphatic rings. The van der Waals surface area contributed by atoms with Gasteiger partial charge < -0.3 is 15.3 Å². The van der Waals surface area contributed by atoms with Crippen LogP contribution in [-0.4, -0.2) is 47.4 Å². The van der Waals surface area contributed by atoms with Gasteiger partial charge in [-0.25, -0.2) is 0 Å². The fraction of sp³-hybridized carbons (Fsp3) is 0.333. The van der Waals surface area contributed by atoms with Crippen LogP contribution in [0.1, 0.15) is 16.8 Å². The third-order valence-corrected chi connectivity index (χ3v) is 2.71. The lowest BCUT2D eigenvalue weighted by atomic mass is 10.1. The fourth-order valence-corrected chi connectivity index (χ4v) is 1.56. The van der Waals surface area contributed by atoms with Crippen molar-refractivity contribution in [2.24, 2.45) is 0 Å². The van der Waals surface area contributed by atoms with Gasteiger partial charge in [0.05, 0.1) is 4.92 Å². The number of carbonyl (C=O) groups excluding carboxylic acids is 2. The first kappa shape index (κ1) is 15.4. The van der Waals surface area contributed by atoms with Crippen molar-refractivity contribution >= 4 is 17.5 Å². The SMILES string of the molecule is CNC(=O)CCN(C)C(=O)c1cc(O)ccc1[N+](=O)[O-]. The summed E-state index contributed by atoms with van der Waals surface area (Å²) in [5.41, 5.74) is -0.603. The van der Waals surface area contributed by atoms with Crippen LogP contribution in [0.4, 0.5) is 5.69 Å². The number of aromatic hydroxyl groups is 1. The summed E-state index contributed by atoms with van der Waals surface area (Å²) in [6.45, 7) is 0.116. The molecule has 108 valence electrons. The zero-order chi connectivity index (χ0) is 15.3. The molecule has 0 saturated carbocycles. The van der Waals surface area contributed by atoms with E-state index < -0.39 is 10.8 Å². The molecule has 0 bridgehead atoms. The molecule has 0 fully saturated rings. The van der Waals surface area contributed by atoms with Gasteiger partial charge in [-0.2, -0.15) is 0 Å². The van der Waals surface area contributed by atoms with E-state index in [9.17, 15) is 24.8 Å². The number of phenolic OH excluding ortho intramolecular Hbond substituents is 1. The number of phenols is 1. The lowest BCUT2D eigenvalue weighted by molar-refractivity contribution is -0.385. The van der Waals surface area contributed by atoms with Crippen LogP contribution < -0.4 is 5.32 Å². The van der Waals surface area contributed by atoms with E-state index in [-0.39, 0.29) is 35.9 Å². The zero-order valence-corrected chi connectivity index (χ0v) is 11.1. The van der Waals surface area contributed by atoms with Gasteiger partial charge in [0.25, 0.3) is 11.6 Å². The van der Waals surface area contributed by atoms with Crippen molar-refractivity contribution in [1.29, 1.82) is 0 Å². The number of nitrogens with zero attached hydrogens (tertiary/aromatic N) is 2. The fourth-order valence-electron chi connectivity index (χ4n) is 1.56. The number of nitrogens with one attached hydrogen (secondary N) is 1. The van der Waals surface area contributed by atoms with E-state index in [2.05, 4.69) is 5.32 Å². The summed E-state index contributed by atoms with van der Waals surface area (Å²) in [6.07, 6.45) is 0.0886. The highest BCUT2D eigenvalue weighted by molar-refractivity contribution is 5.98. The quantitative estimate of drug-likeness (QED) is 0.603. The van der Waals surface area contributed by atoms with Crippen LogP contribution in [0, 0.1) is 10.1 Å².